The van der Waals surface area contributed by atoms with Crippen LogP contribution in [0.5, 0.6) is 5.75 Å². The Bertz CT molecular complexity index is 1280. The molecule has 0 unspecified atom stereocenters. The molecule has 4 nitrogen and oxygen atoms in total. The first-order valence-corrected chi connectivity index (χ1v) is 10.0. The van der Waals surface area contributed by atoms with Crippen molar-refractivity contribution in [2.75, 3.05) is 7.11 Å². The summed E-state index contributed by atoms with van der Waals surface area (Å²) in [6.07, 6.45) is 0. The highest BCUT2D eigenvalue weighted by molar-refractivity contribution is 6.51. The number of methoxy groups -OCH3 is 1. The van der Waals surface area contributed by atoms with Crippen molar-refractivity contribution in [2.24, 2.45) is 10.2 Å². The van der Waals surface area contributed by atoms with Gasteiger partial charge in [-0.2, -0.15) is 5.10 Å². The molecule has 0 bridgehead atoms. The quantitative estimate of drug-likeness (QED) is 0.226. The average Bonchev–Trinajstić information content (AvgIpc) is 2.84. The van der Waals surface area contributed by atoms with E-state index >= 15 is 0 Å². The standard InChI is InChI=1S/C27H22N2O2/c1-19(22-13-14-24-18-25(31-2)16-15-23(24)17-22)28-29-26(20-9-5-3-6-10-20)27(30)21-11-7-4-8-12-21/h3-18H,1-2H3/b28-19-,29-26-. The molecule has 0 saturated carbocycles. The Labute approximate surface area is 181 Å². The van der Waals surface area contributed by atoms with Crippen LogP contribution in [0.2, 0.25) is 0 Å². The topological polar surface area (TPSA) is 51.0 Å². The molecule has 0 aliphatic rings. The van der Waals surface area contributed by atoms with Gasteiger partial charge in [0.25, 0.3) is 0 Å². The maximum Gasteiger partial charge on any atom is 0.213 e. The fourth-order valence-electron chi connectivity index (χ4n) is 3.32. The summed E-state index contributed by atoms with van der Waals surface area (Å²) >= 11 is 0. The largest absolute Gasteiger partial charge is 0.497 e. The van der Waals surface area contributed by atoms with E-state index in [1.165, 1.54) is 0 Å². The molecular formula is C27H22N2O2. The lowest BCUT2D eigenvalue weighted by molar-refractivity contribution is 0.106. The fourth-order valence-corrected chi connectivity index (χ4v) is 3.32. The summed E-state index contributed by atoms with van der Waals surface area (Å²) in [6.45, 7) is 1.89. The minimum absolute atomic E-state index is 0.158. The zero-order chi connectivity index (χ0) is 21.6. The summed E-state index contributed by atoms with van der Waals surface area (Å²) in [5, 5.41) is 11.0. The Kier molecular flexibility index (Phi) is 5.99. The number of ketones is 1. The molecular weight excluding hydrogens is 384 g/mol. The van der Waals surface area contributed by atoms with E-state index in [9.17, 15) is 4.79 Å². The molecule has 31 heavy (non-hydrogen) atoms. The number of benzene rings is 4. The van der Waals surface area contributed by atoms with E-state index in [4.69, 9.17) is 4.74 Å². The van der Waals surface area contributed by atoms with Gasteiger partial charge in [-0.3, -0.25) is 4.79 Å². The van der Waals surface area contributed by atoms with Crippen molar-refractivity contribution >= 4 is 28.0 Å². The molecule has 0 spiro atoms. The second kappa shape index (κ2) is 9.18. The average molecular weight is 406 g/mol. The summed E-state index contributed by atoms with van der Waals surface area (Å²) in [4.78, 5) is 13.1. The number of hydrogen-bond acceptors (Lipinski definition) is 4. The lowest BCUT2D eigenvalue weighted by Crippen LogP contribution is -2.15. The van der Waals surface area contributed by atoms with Crippen LogP contribution < -0.4 is 4.74 Å². The number of fused-ring (bicyclic) bond motifs is 1. The van der Waals surface area contributed by atoms with Gasteiger partial charge in [0, 0.05) is 11.1 Å². The van der Waals surface area contributed by atoms with Gasteiger partial charge < -0.3 is 4.74 Å². The molecule has 0 heterocycles. The molecule has 4 rings (SSSR count). The molecule has 152 valence electrons. The number of nitrogens with zero attached hydrogens (tertiary/aromatic N) is 2. The van der Waals surface area contributed by atoms with Crippen molar-refractivity contribution in [3.8, 4) is 5.75 Å². The van der Waals surface area contributed by atoms with Gasteiger partial charge in [0.15, 0.2) is 0 Å². The number of carbonyl (C=O) groups is 1. The fraction of sp³-hybridized carbons (Fsp3) is 0.0741. The Balaban J connectivity index is 1.72. The normalized spacial score (nSPS) is 12.1. The maximum atomic E-state index is 13.1. The lowest BCUT2D eigenvalue weighted by Gasteiger charge is -2.06. The van der Waals surface area contributed by atoms with Crippen LogP contribution in [-0.4, -0.2) is 24.3 Å². The van der Waals surface area contributed by atoms with Gasteiger partial charge >= 0.3 is 0 Å². The van der Waals surface area contributed by atoms with Crippen LogP contribution >= 0.6 is 0 Å². The summed E-state index contributed by atoms with van der Waals surface area (Å²) in [7, 11) is 1.66. The van der Waals surface area contributed by atoms with Crippen molar-refractivity contribution in [3.05, 3.63) is 114 Å². The first-order valence-electron chi connectivity index (χ1n) is 10.0. The van der Waals surface area contributed by atoms with Gasteiger partial charge in [-0.15, -0.1) is 5.10 Å². The van der Waals surface area contributed by atoms with E-state index in [2.05, 4.69) is 16.3 Å². The first kappa shape index (κ1) is 20.2. The summed E-state index contributed by atoms with van der Waals surface area (Å²) < 4.78 is 5.29. The van der Waals surface area contributed by atoms with Gasteiger partial charge in [-0.1, -0.05) is 78.9 Å². The number of rotatable bonds is 6. The number of Topliss-reactive ketones (excluding diaryl/α,β-unsaturated/α-hetero) is 1. The Hall–Kier alpha value is -4.05. The van der Waals surface area contributed by atoms with Gasteiger partial charge in [0.1, 0.15) is 11.5 Å². The van der Waals surface area contributed by atoms with Crippen LogP contribution in [0.3, 0.4) is 0 Å². The van der Waals surface area contributed by atoms with Gasteiger partial charge in [-0.25, -0.2) is 0 Å². The molecule has 0 saturated heterocycles. The molecule has 0 aliphatic carbocycles. The molecule has 0 radical (unpaired) electrons. The molecule has 0 amide bonds. The van der Waals surface area contributed by atoms with Gasteiger partial charge in [0.05, 0.1) is 12.8 Å². The zero-order valence-electron chi connectivity index (χ0n) is 17.4. The van der Waals surface area contributed by atoms with E-state index in [0.29, 0.717) is 11.3 Å². The third-order valence-electron chi connectivity index (χ3n) is 5.06. The van der Waals surface area contributed by atoms with E-state index in [-0.39, 0.29) is 5.78 Å². The highest BCUT2D eigenvalue weighted by Gasteiger charge is 2.16. The van der Waals surface area contributed by atoms with Crippen LogP contribution in [0.15, 0.2) is 107 Å². The van der Waals surface area contributed by atoms with Crippen molar-refractivity contribution in [2.45, 2.75) is 6.92 Å². The predicted molar refractivity (Wildman–Crippen MR) is 126 cm³/mol. The molecule has 4 aromatic carbocycles. The van der Waals surface area contributed by atoms with Crippen LogP contribution in [0.4, 0.5) is 0 Å². The van der Waals surface area contributed by atoms with Crippen molar-refractivity contribution in [1.82, 2.24) is 0 Å². The molecule has 0 fully saturated rings. The van der Waals surface area contributed by atoms with Crippen LogP contribution in [0.1, 0.15) is 28.4 Å². The molecule has 4 heteroatoms. The number of carbonyl (C=O) groups excluding carboxylic acids is 1. The maximum absolute atomic E-state index is 13.1. The number of hydrogen-bond donors (Lipinski definition) is 0. The minimum atomic E-state index is -0.158. The SMILES string of the molecule is COc1ccc2cc(/C(C)=N\N=C(/C(=O)c3ccccc3)c3ccccc3)ccc2c1. The van der Waals surface area contributed by atoms with Gasteiger partial charge in [-0.05, 0) is 41.5 Å². The Morgan fingerprint density at radius 2 is 1.29 bits per heavy atom. The van der Waals surface area contributed by atoms with E-state index in [0.717, 1.165) is 33.4 Å². The minimum Gasteiger partial charge on any atom is -0.497 e. The molecule has 0 N–H and O–H groups in total. The summed E-state index contributed by atoms with van der Waals surface area (Å²) in [6, 6.07) is 30.6. The van der Waals surface area contributed by atoms with Gasteiger partial charge in [0.2, 0.25) is 5.78 Å². The smallest absolute Gasteiger partial charge is 0.213 e. The van der Waals surface area contributed by atoms with E-state index in [1.807, 2.05) is 85.8 Å². The molecule has 4 aromatic rings. The van der Waals surface area contributed by atoms with Crippen molar-refractivity contribution < 1.29 is 9.53 Å². The van der Waals surface area contributed by atoms with Crippen molar-refractivity contribution in [3.63, 3.8) is 0 Å². The second-order valence-corrected chi connectivity index (χ2v) is 7.12. The van der Waals surface area contributed by atoms with E-state index in [1.54, 1.807) is 19.2 Å². The van der Waals surface area contributed by atoms with Crippen LogP contribution in [-0.2, 0) is 0 Å². The van der Waals surface area contributed by atoms with Crippen LogP contribution in [0, 0.1) is 0 Å². The highest BCUT2D eigenvalue weighted by atomic mass is 16.5. The predicted octanol–water partition coefficient (Wildman–Crippen LogP) is 5.94. The molecule has 0 atom stereocenters. The third kappa shape index (κ3) is 4.59. The molecule has 0 aliphatic heterocycles. The third-order valence-corrected chi connectivity index (χ3v) is 5.06. The highest BCUT2D eigenvalue weighted by Crippen LogP contribution is 2.22. The Morgan fingerprint density at radius 3 is 1.97 bits per heavy atom. The second-order valence-electron chi connectivity index (χ2n) is 7.12. The zero-order valence-corrected chi connectivity index (χ0v) is 17.4. The van der Waals surface area contributed by atoms with Crippen LogP contribution in [0.25, 0.3) is 10.8 Å². The summed E-state index contributed by atoms with van der Waals surface area (Å²) in [5.74, 6) is 0.663. The summed E-state index contributed by atoms with van der Waals surface area (Å²) in [5.41, 5.74) is 3.31. The van der Waals surface area contributed by atoms with Crippen molar-refractivity contribution in [1.29, 1.82) is 0 Å². The monoisotopic (exact) mass is 406 g/mol. The molecule has 0 aromatic heterocycles. The van der Waals surface area contributed by atoms with E-state index < -0.39 is 0 Å². The lowest BCUT2D eigenvalue weighted by atomic mass is 10.0. The Morgan fingerprint density at radius 1 is 0.677 bits per heavy atom. The number of ether oxygens (including phenoxy) is 1. The first-order chi connectivity index (χ1) is 15.2.